The molecular formula is C35H40ClN7O. The number of nitrogens with zero attached hydrogens (tertiary/aromatic N) is 7. The monoisotopic (exact) mass is 609 g/mol. The molecule has 2 aliphatic heterocycles. The molecule has 1 fully saturated rings. The highest BCUT2D eigenvalue weighted by molar-refractivity contribution is 6.30. The number of anilines is 2. The van der Waals surface area contributed by atoms with E-state index in [4.69, 9.17) is 26.3 Å². The molecule has 2 aliphatic rings. The number of rotatable bonds is 10. The van der Waals surface area contributed by atoms with Gasteiger partial charge >= 0.3 is 6.01 Å². The summed E-state index contributed by atoms with van der Waals surface area (Å²) in [5, 5.41) is 3.29. The van der Waals surface area contributed by atoms with Gasteiger partial charge in [0.2, 0.25) is 0 Å². The van der Waals surface area contributed by atoms with Crippen LogP contribution in [0.4, 0.5) is 11.5 Å². The predicted octanol–water partition coefficient (Wildman–Crippen LogP) is 6.44. The van der Waals surface area contributed by atoms with Crippen LogP contribution in [0.25, 0.3) is 10.8 Å². The molecule has 3 heterocycles. The Balaban J connectivity index is 1.21. The number of benzene rings is 3. The van der Waals surface area contributed by atoms with Gasteiger partial charge in [-0.15, -0.1) is 0 Å². The summed E-state index contributed by atoms with van der Waals surface area (Å²) in [5.41, 5.74) is 5.83. The molecule has 0 radical (unpaired) electrons. The van der Waals surface area contributed by atoms with Crippen molar-refractivity contribution in [3.63, 3.8) is 0 Å². The number of likely N-dealkylation sites (tertiary alicyclic amines) is 1. The van der Waals surface area contributed by atoms with Crippen LogP contribution in [-0.2, 0) is 19.5 Å². The summed E-state index contributed by atoms with van der Waals surface area (Å²) in [6, 6.07) is 24.4. The van der Waals surface area contributed by atoms with E-state index in [1.54, 1.807) is 0 Å². The van der Waals surface area contributed by atoms with Crippen molar-refractivity contribution in [3.8, 4) is 6.01 Å². The van der Waals surface area contributed by atoms with Crippen molar-refractivity contribution in [2.45, 2.75) is 45.3 Å². The molecule has 4 aromatic rings. The highest BCUT2D eigenvalue weighted by atomic mass is 35.5. The first kappa shape index (κ1) is 30.1. The first-order valence-corrected chi connectivity index (χ1v) is 15.8. The van der Waals surface area contributed by atoms with Gasteiger partial charge in [-0.3, -0.25) is 0 Å². The van der Waals surface area contributed by atoms with Crippen molar-refractivity contribution in [3.05, 3.63) is 88.1 Å². The molecule has 0 bridgehead atoms. The molecule has 1 unspecified atom stereocenters. The lowest BCUT2D eigenvalue weighted by molar-refractivity contribution is 0.187. The van der Waals surface area contributed by atoms with E-state index in [0.29, 0.717) is 44.8 Å². The van der Waals surface area contributed by atoms with Gasteiger partial charge in [-0.25, -0.2) is 9.98 Å². The van der Waals surface area contributed by atoms with Gasteiger partial charge in [0.15, 0.2) is 0 Å². The lowest BCUT2D eigenvalue weighted by Gasteiger charge is -2.33. The Labute approximate surface area is 265 Å². The number of aliphatic imine (C=N–C) groups is 2. The Bertz CT molecular complexity index is 1660. The quantitative estimate of drug-likeness (QED) is 0.193. The maximum atomic E-state index is 6.29. The normalized spacial score (nSPS) is 16.5. The minimum atomic E-state index is 0.396. The Hall–Kier alpha value is -3.97. The van der Waals surface area contributed by atoms with E-state index in [9.17, 15) is 0 Å². The van der Waals surface area contributed by atoms with E-state index in [-0.39, 0.29) is 0 Å². The molecule has 0 N–H and O–H groups in total. The Morgan fingerprint density at radius 3 is 2.66 bits per heavy atom. The van der Waals surface area contributed by atoms with Gasteiger partial charge in [0.25, 0.3) is 0 Å². The van der Waals surface area contributed by atoms with Crippen molar-refractivity contribution in [1.82, 2.24) is 14.9 Å². The molecule has 0 amide bonds. The van der Waals surface area contributed by atoms with Gasteiger partial charge in [0, 0.05) is 47.8 Å². The topological polar surface area (TPSA) is 69.5 Å². The lowest BCUT2D eigenvalue weighted by atomic mass is 10.00. The summed E-state index contributed by atoms with van der Waals surface area (Å²) >= 11 is 5.97. The Kier molecular flexibility index (Phi) is 9.41. The molecule has 0 aliphatic carbocycles. The van der Waals surface area contributed by atoms with Crippen LogP contribution >= 0.6 is 11.6 Å². The number of ether oxygens (including phenoxy) is 1. The van der Waals surface area contributed by atoms with Gasteiger partial charge in [-0.05, 0) is 74.5 Å². The average Bonchev–Trinajstić information content (AvgIpc) is 3.45. The molecular weight excluding hydrogens is 570 g/mol. The van der Waals surface area contributed by atoms with Crippen molar-refractivity contribution >= 4 is 39.9 Å². The summed E-state index contributed by atoms with van der Waals surface area (Å²) in [4.78, 5) is 25.7. The summed E-state index contributed by atoms with van der Waals surface area (Å²) in [7, 11) is 4.23. The first-order valence-electron chi connectivity index (χ1n) is 15.5. The highest BCUT2D eigenvalue weighted by Gasteiger charge is 2.27. The second-order valence-corrected chi connectivity index (χ2v) is 12.2. The maximum absolute atomic E-state index is 6.29. The van der Waals surface area contributed by atoms with Crippen LogP contribution in [0.5, 0.6) is 6.01 Å². The Morgan fingerprint density at radius 1 is 1.05 bits per heavy atom. The lowest BCUT2D eigenvalue weighted by Crippen LogP contribution is -2.35. The number of hydrogen-bond donors (Lipinski definition) is 0. The molecule has 6 rings (SSSR count). The third-order valence-electron chi connectivity index (χ3n) is 8.76. The van der Waals surface area contributed by atoms with Crippen molar-refractivity contribution in [2.75, 3.05) is 56.7 Å². The van der Waals surface area contributed by atoms with E-state index in [1.807, 2.05) is 24.3 Å². The van der Waals surface area contributed by atoms with Crippen LogP contribution in [0.1, 0.15) is 35.2 Å². The summed E-state index contributed by atoms with van der Waals surface area (Å²) in [6.45, 7) is 7.27. The minimum absolute atomic E-state index is 0.396. The third-order valence-corrected chi connectivity index (χ3v) is 9.01. The van der Waals surface area contributed by atoms with Crippen LogP contribution in [0.15, 0.2) is 70.6 Å². The first-order chi connectivity index (χ1) is 21.5. The fraction of sp³-hybridized carbons (Fsp3) is 0.400. The fourth-order valence-electron chi connectivity index (χ4n) is 6.23. The van der Waals surface area contributed by atoms with Gasteiger partial charge in [-0.2, -0.15) is 9.97 Å². The maximum Gasteiger partial charge on any atom is 0.318 e. The molecule has 1 saturated heterocycles. The fourth-order valence-corrected chi connectivity index (χ4v) is 6.35. The van der Waals surface area contributed by atoms with E-state index in [1.165, 1.54) is 34.0 Å². The largest absolute Gasteiger partial charge is 0.462 e. The smallest absolute Gasteiger partial charge is 0.318 e. The third kappa shape index (κ3) is 6.88. The molecule has 228 valence electrons. The summed E-state index contributed by atoms with van der Waals surface area (Å²) in [5.74, 6) is 0.923. The van der Waals surface area contributed by atoms with Crippen molar-refractivity contribution < 1.29 is 4.74 Å². The number of halogens is 1. The zero-order valence-corrected chi connectivity index (χ0v) is 26.6. The number of likely N-dealkylation sites (N-methyl/N-ethyl adjacent to an activating group) is 2. The minimum Gasteiger partial charge on any atom is -0.462 e. The second kappa shape index (κ2) is 13.8. The molecule has 44 heavy (non-hydrogen) atoms. The van der Waals surface area contributed by atoms with E-state index in [2.05, 4.69) is 88.1 Å². The van der Waals surface area contributed by atoms with E-state index < -0.39 is 0 Å². The SMILES string of the molecule is Cc1cccc2cccc(N3CCc4c(nc(OCC5CCCN5C)nc4N(C)CCN=C=NCc4ccc(Cl)cc4)C3)c12. The molecule has 8 nitrogen and oxygen atoms in total. The van der Waals surface area contributed by atoms with Crippen molar-refractivity contribution in [2.24, 2.45) is 9.98 Å². The molecule has 1 aromatic heterocycles. The molecule has 9 heteroatoms. The van der Waals surface area contributed by atoms with Crippen LogP contribution in [0, 0.1) is 6.92 Å². The van der Waals surface area contributed by atoms with E-state index in [0.717, 1.165) is 48.0 Å². The van der Waals surface area contributed by atoms with Crippen LogP contribution in [0.3, 0.4) is 0 Å². The van der Waals surface area contributed by atoms with Gasteiger partial charge in [0.05, 0.1) is 31.3 Å². The zero-order chi connectivity index (χ0) is 30.5. The number of hydrogen-bond acceptors (Lipinski definition) is 8. The number of aryl methyl sites for hydroxylation is 1. The zero-order valence-electron chi connectivity index (χ0n) is 25.8. The number of fused-ring (bicyclic) bond motifs is 2. The molecule has 1 atom stereocenters. The average molecular weight is 610 g/mol. The van der Waals surface area contributed by atoms with Gasteiger partial charge in [0.1, 0.15) is 12.4 Å². The molecule has 3 aromatic carbocycles. The summed E-state index contributed by atoms with van der Waals surface area (Å²) < 4.78 is 6.29. The van der Waals surface area contributed by atoms with Gasteiger partial charge in [-0.1, -0.05) is 54.1 Å². The van der Waals surface area contributed by atoms with Crippen LogP contribution < -0.4 is 14.5 Å². The van der Waals surface area contributed by atoms with Crippen LogP contribution in [0.2, 0.25) is 5.02 Å². The van der Waals surface area contributed by atoms with Crippen molar-refractivity contribution in [1.29, 1.82) is 0 Å². The van der Waals surface area contributed by atoms with Crippen LogP contribution in [-0.4, -0.2) is 73.8 Å². The Morgan fingerprint density at radius 2 is 1.86 bits per heavy atom. The molecule has 0 saturated carbocycles. The highest BCUT2D eigenvalue weighted by Crippen LogP contribution is 2.35. The second-order valence-electron chi connectivity index (χ2n) is 11.8. The predicted molar refractivity (Wildman–Crippen MR) is 180 cm³/mol. The standard InChI is InChI=1S/C35H40ClN7O/c1-25-7-4-8-27-9-5-11-32(33(25)27)43-19-16-30-31(22-43)39-35(44-23-29-10-6-18-41(29)2)40-34(30)42(3)20-17-37-24-38-21-26-12-14-28(36)15-13-26/h4-5,7-9,11-15,29H,6,10,16-23H2,1-3H3. The van der Waals surface area contributed by atoms with E-state index >= 15 is 0 Å². The summed E-state index contributed by atoms with van der Waals surface area (Å²) in [6.07, 6.45) is 3.20. The van der Waals surface area contributed by atoms with Gasteiger partial charge < -0.3 is 19.4 Å². The number of aromatic nitrogens is 2. The molecule has 0 spiro atoms.